The molecule has 0 spiro atoms. The fourth-order valence-electron chi connectivity index (χ4n) is 2.22. The van der Waals surface area contributed by atoms with Gasteiger partial charge < -0.3 is 5.11 Å². The van der Waals surface area contributed by atoms with E-state index in [0.717, 1.165) is 18.4 Å². The van der Waals surface area contributed by atoms with Gasteiger partial charge in [-0.1, -0.05) is 6.92 Å². The first kappa shape index (κ1) is 14.9. The number of hydrogen-bond acceptors (Lipinski definition) is 4. The second-order valence-electron chi connectivity index (χ2n) is 5.03. The molecule has 1 aromatic heterocycles. The quantitative estimate of drug-likeness (QED) is 0.862. The summed E-state index contributed by atoms with van der Waals surface area (Å²) in [5.74, 6) is 0.395. The third kappa shape index (κ3) is 4.00. The molecule has 0 aliphatic carbocycles. The lowest BCUT2D eigenvalue weighted by molar-refractivity contribution is 0.180. The molecule has 1 aromatic rings. The maximum atomic E-state index is 12.1. The molecular formula is C12H20N2O3S2. The van der Waals surface area contributed by atoms with Crippen molar-refractivity contribution in [1.29, 1.82) is 0 Å². The van der Waals surface area contributed by atoms with Crippen LogP contribution in [0.4, 0.5) is 0 Å². The highest BCUT2D eigenvalue weighted by molar-refractivity contribution is 7.87. The van der Waals surface area contributed by atoms with Crippen LogP contribution < -0.4 is 4.72 Å². The standard InChI is InChI=1S/C12H20N2O3S2/c1-10-3-2-5-14(8-10)19(16,17)13-7-12(15)11-4-6-18-9-11/h4,6,9-10,12-13,15H,2-3,5,7-8H2,1H3. The van der Waals surface area contributed by atoms with E-state index in [-0.39, 0.29) is 6.54 Å². The van der Waals surface area contributed by atoms with Gasteiger partial charge in [-0.15, -0.1) is 0 Å². The molecular weight excluding hydrogens is 284 g/mol. The molecule has 2 unspecified atom stereocenters. The molecule has 19 heavy (non-hydrogen) atoms. The Bertz CT molecular complexity index is 487. The van der Waals surface area contributed by atoms with Crippen LogP contribution in [0.2, 0.25) is 0 Å². The largest absolute Gasteiger partial charge is 0.387 e. The lowest BCUT2D eigenvalue weighted by atomic mass is 10.0. The number of thiophene rings is 1. The van der Waals surface area contributed by atoms with Gasteiger partial charge in [0, 0.05) is 19.6 Å². The number of hydrogen-bond donors (Lipinski definition) is 2. The first-order valence-electron chi connectivity index (χ1n) is 6.44. The van der Waals surface area contributed by atoms with E-state index in [2.05, 4.69) is 11.6 Å². The molecule has 1 aliphatic heterocycles. The molecule has 108 valence electrons. The van der Waals surface area contributed by atoms with E-state index >= 15 is 0 Å². The van der Waals surface area contributed by atoms with E-state index in [4.69, 9.17) is 0 Å². The Hall–Kier alpha value is -0.470. The zero-order valence-corrected chi connectivity index (χ0v) is 12.6. The summed E-state index contributed by atoms with van der Waals surface area (Å²) in [6.07, 6.45) is 1.18. The van der Waals surface area contributed by atoms with Crippen LogP contribution in [0, 0.1) is 5.92 Å². The van der Waals surface area contributed by atoms with Crippen molar-refractivity contribution in [3.8, 4) is 0 Å². The first-order valence-corrected chi connectivity index (χ1v) is 8.82. The highest BCUT2D eigenvalue weighted by Gasteiger charge is 2.27. The van der Waals surface area contributed by atoms with E-state index in [1.54, 1.807) is 6.07 Å². The van der Waals surface area contributed by atoms with Crippen molar-refractivity contribution in [3.63, 3.8) is 0 Å². The van der Waals surface area contributed by atoms with Crippen LogP contribution in [0.25, 0.3) is 0 Å². The Balaban J connectivity index is 1.90. The van der Waals surface area contributed by atoms with Crippen LogP contribution in [0.15, 0.2) is 16.8 Å². The smallest absolute Gasteiger partial charge is 0.279 e. The normalized spacial score (nSPS) is 23.4. The molecule has 0 saturated carbocycles. The molecule has 2 heterocycles. The molecule has 1 saturated heterocycles. The van der Waals surface area contributed by atoms with E-state index in [1.807, 2.05) is 10.8 Å². The summed E-state index contributed by atoms with van der Waals surface area (Å²) in [5, 5.41) is 13.6. The predicted octanol–water partition coefficient (Wildman–Crippen LogP) is 1.35. The van der Waals surface area contributed by atoms with Crippen LogP contribution >= 0.6 is 11.3 Å². The zero-order chi connectivity index (χ0) is 13.9. The summed E-state index contributed by atoms with van der Waals surface area (Å²) in [4.78, 5) is 0. The number of aliphatic hydroxyl groups excluding tert-OH is 1. The average molecular weight is 304 g/mol. The molecule has 1 aliphatic rings. The van der Waals surface area contributed by atoms with Gasteiger partial charge in [-0.25, -0.2) is 0 Å². The third-order valence-corrected chi connectivity index (χ3v) is 5.59. The second-order valence-corrected chi connectivity index (χ2v) is 7.57. The molecule has 0 radical (unpaired) electrons. The van der Waals surface area contributed by atoms with Crippen molar-refractivity contribution >= 4 is 21.5 Å². The van der Waals surface area contributed by atoms with Crippen molar-refractivity contribution in [2.45, 2.75) is 25.9 Å². The Morgan fingerprint density at radius 3 is 3.05 bits per heavy atom. The van der Waals surface area contributed by atoms with Crippen molar-refractivity contribution < 1.29 is 13.5 Å². The third-order valence-electron chi connectivity index (χ3n) is 3.35. The highest BCUT2D eigenvalue weighted by Crippen LogP contribution is 2.19. The minimum atomic E-state index is -3.48. The van der Waals surface area contributed by atoms with Gasteiger partial charge in [-0.3, -0.25) is 0 Å². The summed E-state index contributed by atoms with van der Waals surface area (Å²) in [7, 11) is -3.48. The van der Waals surface area contributed by atoms with Crippen LogP contribution in [0.5, 0.6) is 0 Å². The molecule has 2 atom stereocenters. The van der Waals surface area contributed by atoms with Crippen LogP contribution in [-0.2, 0) is 10.2 Å². The van der Waals surface area contributed by atoms with Gasteiger partial charge in [0.05, 0.1) is 6.10 Å². The number of nitrogens with zero attached hydrogens (tertiary/aromatic N) is 1. The Labute approximate surface area is 118 Å². The van der Waals surface area contributed by atoms with Crippen molar-refractivity contribution in [2.24, 2.45) is 5.92 Å². The summed E-state index contributed by atoms with van der Waals surface area (Å²) in [5.41, 5.74) is 0.750. The van der Waals surface area contributed by atoms with E-state index in [1.165, 1.54) is 15.6 Å². The molecule has 2 rings (SSSR count). The Kier molecular flexibility index (Phi) is 4.97. The summed E-state index contributed by atoms with van der Waals surface area (Å²) in [6.45, 7) is 3.20. The number of nitrogens with one attached hydrogen (secondary N) is 1. The summed E-state index contributed by atoms with van der Waals surface area (Å²) in [6, 6.07) is 1.80. The lowest BCUT2D eigenvalue weighted by Gasteiger charge is -2.30. The van der Waals surface area contributed by atoms with Gasteiger partial charge in [-0.2, -0.15) is 28.8 Å². The fourth-order valence-corrected chi connectivity index (χ4v) is 4.30. The number of aliphatic hydroxyl groups is 1. The lowest BCUT2D eigenvalue weighted by Crippen LogP contribution is -2.46. The number of piperidine rings is 1. The minimum absolute atomic E-state index is 0.0178. The maximum Gasteiger partial charge on any atom is 0.279 e. The average Bonchev–Trinajstić information content (AvgIpc) is 2.90. The van der Waals surface area contributed by atoms with Crippen LogP contribution in [0.1, 0.15) is 31.4 Å². The second kappa shape index (κ2) is 6.32. The van der Waals surface area contributed by atoms with E-state index in [0.29, 0.717) is 19.0 Å². The van der Waals surface area contributed by atoms with Gasteiger partial charge in [0.15, 0.2) is 0 Å². The SMILES string of the molecule is CC1CCCN(S(=O)(=O)NCC(O)c2ccsc2)C1. The van der Waals surface area contributed by atoms with E-state index in [9.17, 15) is 13.5 Å². The summed E-state index contributed by atoms with van der Waals surface area (Å²) >= 11 is 1.48. The van der Waals surface area contributed by atoms with Crippen LogP contribution in [0.3, 0.4) is 0 Å². The zero-order valence-electron chi connectivity index (χ0n) is 10.9. The maximum absolute atomic E-state index is 12.1. The summed E-state index contributed by atoms with van der Waals surface area (Å²) < 4.78 is 28.2. The van der Waals surface area contributed by atoms with Crippen molar-refractivity contribution in [3.05, 3.63) is 22.4 Å². The van der Waals surface area contributed by atoms with Crippen molar-refractivity contribution in [1.82, 2.24) is 9.03 Å². The van der Waals surface area contributed by atoms with Gasteiger partial charge in [0.25, 0.3) is 10.2 Å². The molecule has 0 amide bonds. The predicted molar refractivity (Wildman–Crippen MR) is 76.2 cm³/mol. The molecule has 0 bridgehead atoms. The monoisotopic (exact) mass is 304 g/mol. The molecule has 0 aromatic carbocycles. The number of rotatable bonds is 5. The fraction of sp³-hybridized carbons (Fsp3) is 0.667. The molecule has 2 N–H and O–H groups in total. The van der Waals surface area contributed by atoms with Crippen molar-refractivity contribution in [2.75, 3.05) is 19.6 Å². The van der Waals surface area contributed by atoms with Gasteiger partial charge in [-0.05, 0) is 41.1 Å². The van der Waals surface area contributed by atoms with Gasteiger partial charge >= 0.3 is 0 Å². The molecule has 7 heteroatoms. The Morgan fingerprint density at radius 2 is 2.42 bits per heavy atom. The Morgan fingerprint density at radius 1 is 1.63 bits per heavy atom. The van der Waals surface area contributed by atoms with Crippen LogP contribution in [-0.4, -0.2) is 37.5 Å². The van der Waals surface area contributed by atoms with E-state index < -0.39 is 16.3 Å². The topological polar surface area (TPSA) is 69.6 Å². The van der Waals surface area contributed by atoms with Gasteiger partial charge in [0.2, 0.25) is 0 Å². The minimum Gasteiger partial charge on any atom is -0.387 e. The molecule has 5 nitrogen and oxygen atoms in total. The molecule has 1 fully saturated rings. The first-order chi connectivity index (χ1) is 8.99. The van der Waals surface area contributed by atoms with Gasteiger partial charge in [0.1, 0.15) is 0 Å². The highest BCUT2D eigenvalue weighted by atomic mass is 32.2.